The van der Waals surface area contributed by atoms with Crippen molar-refractivity contribution in [1.82, 2.24) is 0 Å². The number of carbonyl (C=O) groups is 2. The summed E-state index contributed by atoms with van der Waals surface area (Å²) in [6, 6.07) is 0. The molecule has 0 bridgehead atoms. The highest BCUT2D eigenvalue weighted by Gasteiger charge is 2.17. The Morgan fingerprint density at radius 1 is 0.348 bits per heavy atom. The lowest BCUT2D eigenvalue weighted by Gasteiger charge is -2.18. The molecule has 0 heterocycles. The highest BCUT2D eigenvalue weighted by atomic mass is 16.6. The summed E-state index contributed by atoms with van der Waals surface area (Å²) in [5.74, 6) is -0.429. The Morgan fingerprint density at radius 3 is 1.15 bits per heavy atom. The zero-order chi connectivity index (χ0) is 47.7. The number of allylic oxidation sites excluding steroid dienone is 16. The lowest BCUT2D eigenvalue weighted by Crippen LogP contribution is -2.30. The summed E-state index contributed by atoms with van der Waals surface area (Å²) < 4.78 is 17.4. The largest absolute Gasteiger partial charge is 0.462 e. The first kappa shape index (κ1) is 62.8. The van der Waals surface area contributed by atoms with Crippen LogP contribution in [0.25, 0.3) is 0 Å². The number of esters is 2. The van der Waals surface area contributed by atoms with E-state index in [1.165, 1.54) is 116 Å². The van der Waals surface area contributed by atoms with Crippen molar-refractivity contribution in [2.75, 3.05) is 19.8 Å². The van der Waals surface area contributed by atoms with Gasteiger partial charge in [-0.1, -0.05) is 221 Å². The third kappa shape index (κ3) is 53.4. The van der Waals surface area contributed by atoms with Crippen LogP contribution in [0.3, 0.4) is 0 Å². The van der Waals surface area contributed by atoms with Gasteiger partial charge in [-0.25, -0.2) is 0 Å². The molecule has 5 nitrogen and oxygen atoms in total. The van der Waals surface area contributed by atoms with E-state index in [2.05, 4.69) is 118 Å². The molecule has 0 aliphatic carbocycles. The van der Waals surface area contributed by atoms with Gasteiger partial charge in [-0.15, -0.1) is 0 Å². The van der Waals surface area contributed by atoms with E-state index in [4.69, 9.17) is 14.2 Å². The van der Waals surface area contributed by atoms with Crippen LogP contribution in [0, 0.1) is 0 Å². The predicted octanol–water partition coefficient (Wildman–Crippen LogP) is 19.0. The first-order chi connectivity index (χ1) is 32.6. The van der Waals surface area contributed by atoms with E-state index in [0.717, 1.165) is 103 Å². The Labute approximate surface area is 409 Å². The molecule has 378 valence electrons. The zero-order valence-corrected chi connectivity index (χ0v) is 43.4. The molecule has 66 heavy (non-hydrogen) atoms. The molecular formula is C61H104O5. The van der Waals surface area contributed by atoms with Gasteiger partial charge in [0.25, 0.3) is 0 Å². The minimum Gasteiger partial charge on any atom is -0.462 e. The number of unbranched alkanes of at least 4 members (excludes halogenated alkanes) is 23. The molecular weight excluding hydrogens is 813 g/mol. The molecule has 0 amide bonds. The average Bonchev–Trinajstić information content (AvgIpc) is 3.32. The second-order valence-corrected chi connectivity index (χ2v) is 18.1. The van der Waals surface area contributed by atoms with Crippen LogP contribution in [-0.4, -0.2) is 37.9 Å². The number of hydrogen-bond donors (Lipinski definition) is 0. The molecule has 5 heteroatoms. The van der Waals surface area contributed by atoms with Gasteiger partial charge in [0, 0.05) is 19.4 Å². The summed E-state index contributed by atoms with van der Waals surface area (Å²) >= 11 is 0. The lowest BCUT2D eigenvalue weighted by atomic mass is 10.1. The Bertz CT molecular complexity index is 1270. The number of carbonyl (C=O) groups excluding carboxylic acids is 2. The first-order valence-corrected chi connectivity index (χ1v) is 27.8. The van der Waals surface area contributed by atoms with Crippen molar-refractivity contribution in [3.05, 3.63) is 97.2 Å². The van der Waals surface area contributed by atoms with Crippen molar-refractivity contribution >= 4 is 11.9 Å². The number of rotatable bonds is 50. The summed E-state index contributed by atoms with van der Waals surface area (Å²) in [4.78, 5) is 25.4. The molecule has 0 spiro atoms. The van der Waals surface area contributed by atoms with E-state index >= 15 is 0 Å². The lowest BCUT2D eigenvalue weighted by molar-refractivity contribution is -0.163. The maximum absolute atomic E-state index is 12.8. The van der Waals surface area contributed by atoms with Crippen LogP contribution in [0.2, 0.25) is 0 Å². The Kier molecular flexibility index (Phi) is 53.4. The molecule has 0 radical (unpaired) electrons. The fourth-order valence-corrected chi connectivity index (χ4v) is 7.43. The maximum atomic E-state index is 12.8. The molecule has 1 atom stereocenters. The monoisotopic (exact) mass is 917 g/mol. The van der Waals surface area contributed by atoms with Crippen LogP contribution in [0.4, 0.5) is 0 Å². The van der Waals surface area contributed by atoms with Crippen molar-refractivity contribution in [3.8, 4) is 0 Å². The standard InChI is InChI=1S/C61H104O5/c1-4-7-10-13-16-19-22-24-26-28-30-32-34-36-38-41-44-47-50-53-56-64-57-59(66-61(63)55-52-49-46-43-39-21-18-15-12-9-6-3)58-65-60(62)54-51-48-45-42-40-37-35-33-31-29-27-25-23-20-17-14-11-8-5-2/h7,10,15-20,24-27,30-33,59H,4-6,8-9,11-14,21-23,28-29,34-58H2,1-3H3/b10-7-,18-15-,19-16-,20-17-,26-24-,27-25-,32-30-,33-31-. The van der Waals surface area contributed by atoms with Gasteiger partial charge in [0.1, 0.15) is 6.61 Å². The minimum absolute atomic E-state index is 0.0662. The van der Waals surface area contributed by atoms with Gasteiger partial charge in [-0.2, -0.15) is 0 Å². The summed E-state index contributed by atoms with van der Waals surface area (Å²) in [7, 11) is 0. The molecule has 0 aromatic rings. The number of ether oxygens (including phenoxy) is 3. The fraction of sp³-hybridized carbons (Fsp3) is 0.705. The predicted molar refractivity (Wildman–Crippen MR) is 288 cm³/mol. The van der Waals surface area contributed by atoms with Gasteiger partial charge in [0.15, 0.2) is 6.10 Å². The first-order valence-electron chi connectivity index (χ1n) is 27.8. The van der Waals surface area contributed by atoms with Gasteiger partial charge in [0.05, 0.1) is 6.61 Å². The summed E-state index contributed by atoms with van der Waals surface area (Å²) in [6.07, 6.45) is 75.6. The number of hydrogen-bond acceptors (Lipinski definition) is 5. The van der Waals surface area contributed by atoms with Gasteiger partial charge in [-0.05, 0) is 116 Å². The van der Waals surface area contributed by atoms with Crippen LogP contribution in [0.15, 0.2) is 97.2 Å². The molecule has 0 saturated heterocycles. The van der Waals surface area contributed by atoms with Crippen molar-refractivity contribution in [2.45, 2.75) is 258 Å². The summed E-state index contributed by atoms with van der Waals surface area (Å²) in [6.45, 7) is 7.61. The minimum atomic E-state index is -0.557. The van der Waals surface area contributed by atoms with Crippen LogP contribution >= 0.6 is 0 Å². The van der Waals surface area contributed by atoms with Gasteiger partial charge >= 0.3 is 11.9 Å². The second-order valence-electron chi connectivity index (χ2n) is 18.1. The Morgan fingerprint density at radius 2 is 0.697 bits per heavy atom. The molecule has 0 aliphatic heterocycles. The molecule has 1 unspecified atom stereocenters. The fourth-order valence-electron chi connectivity index (χ4n) is 7.43. The molecule has 0 aliphatic rings. The molecule has 0 saturated carbocycles. The maximum Gasteiger partial charge on any atom is 0.306 e. The third-order valence-corrected chi connectivity index (χ3v) is 11.6. The second kappa shape index (κ2) is 56.1. The van der Waals surface area contributed by atoms with Gasteiger partial charge < -0.3 is 14.2 Å². The smallest absolute Gasteiger partial charge is 0.306 e. The highest BCUT2D eigenvalue weighted by Crippen LogP contribution is 2.13. The molecule has 0 rings (SSSR count). The van der Waals surface area contributed by atoms with Crippen LogP contribution in [0.5, 0.6) is 0 Å². The van der Waals surface area contributed by atoms with E-state index in [-0.39, 0.29) is 25.2 Å². The quantitative estimate of drug-likeness (QED) is 0.0346. The molecule has 0 aromatic carbocycles. The van der Waals surface area contributed by atoms with E-state index in [1.807, 2.05) is 0 Å². The average molecular weight is 917 g/mol. The SMILES string of the molecule is CC/C=C\C/C=C\C/C=C\C/C=C\CCCCCCCCCOCC(COC(=O)CCCCCCCC/C=C\C/C=C\C/C=C\CCCCC)OC(=O)CCCCCCC/C=C\CCCC. The summed E-state index contributed by atoms with van der Waals surface area (Å²) in [5.41, 5.74) is 0. The normalized spacial score (nSPS) is 13.0. The van der Waals surface area contributed by atoms with Crippen molar-refractivity contribution < 1.29 is 23.8 Å². The molecule has 0 aromatic heterocycles. The van der Waals surface area contributed by atoms with Crippen LogP contribution < -0.4 is 0 Å². The van der Waals surface area contributed by atoms with E-state index in [0.29, 0.717) is 19.4 Å². The summed E-state index contributed by atoms with van der Waals surface area (Å²) in [5, 5.41) is 0. The Balaban J connectivity index is 4.28. The zero-order valence-electron chi connectivity index (χ0n) is 43.4. The van der Waals surface area contributed by atoms with Crippen molar-refractivity contribution in [3.63, 3.8) is 0 Å². The Hall–Kier alpha value is -3.18. The topological polar surface area (TPSA) is 61.8 Å². The molecule has 0 fully saturated rings. The van der Waals surface area contributed by atoms with E-state index in [1.54, 1.807) is 0 Å². The van der Waals surface area contributed by atoms with Crippen molar-refractivity contribution in [1.29, 1.82) is 0 Å². The van der Waals surface area contributed by atoms with Crippen LogP contribution in [0.1, 0.15) is 252 Å². The van der Waals surface area contributed by atoms with E-state index < -0.39 is 6.10 Å². The highest BCUT2D eigenvalue weighted by molar-refractivity contribution is 5.70. The van der Waals surface area contributed by atoms with E-state index in [9.17, 15) is 9.59 Å². The molecule has 0 N–H and O–H groups in total. The van der Waals surface area contributed by atoms with Gasteiger partial charge in [0.2, 0.25) is 0 Å². The van der Waals surface area contributed by atoms with Gasteiger partial charge in [-0.3, -0.25) is 9.59 Å². The van der Waals surface area contributed by atoms with Crippen molar-refractivity contribution in [2.24, 2.45) is 0 Å². The van der Waals surface area contributed by atoms with Crippen LogP contribution in [-0.2, 0) is 23.8 Å². The third-order valence-electron chi connectivity index (χ3n) is 11.6.